The van der Waals surface area contributed by atoms with Crippen molar-refractivity contribution in [3.8, 4) is 5.75 Å². The van der Waals surface area contributed by atoms with Gasteiger partial charge in [-0.15, -0.1) is 0 Å². The number of rotatable bonds is 9. The summed E-state index contributed by atoms with van der Waals surface area (Å²) in [5, 5.41) is 13.5. The van der Waals surface area contributed by atoms with Crippen molar-refractivity contribution in [3.63, 3.8) is 0 Å². The Morgan fingerprint density at radius 3 is 2.72 bits per heavy atom. The SMILES string of the molecule is CCC[C@@H](CC)Nc1nc(=O)n(C2CCN(CCCN)CC2)cc1O. The van der Waals surface area contributed by atoms with Gasteiger partial charge in [-0.05, 0) is 45.2 Å². The first kappa shape index (κ1) is 19.7. The Balaban J connectivity index is 2.03. The highest BCUT2D eigenvalue weighted by atomic mass is 16.3. The lowest BCUT2D eigenvalue weighted by molar-refractivity contribution is 0.182. The molecule has 1 atom stereocenters. The van der Waals surface area contributed by atoms with E-state index in [4.69, 9.17) is 5.73 Å². The van der Waals surface area contributed by atoms with E-state index in [2.05, 4.69) is 29.0 Å². The number of aromatic hydroxyl groups is 1. The van der Waals surface area contributed by atoms with Gasteiger partial charge in [0.15, 0.2) is 11.6 Å². The summed E-state index contributed by atoms with van der Waals surface area (Å²) in [5.74, 6) is 0.363. The van der Waals surface area contributed by atoms with Crippen LogP contribution >= 0.6 is 0 Å². The van der Waals surface area contributed by atoms with E-state index in [0.29, 0.717) is 12.4 Å². The van der Waals surface area contributed by atoms with E-state index < -0.39 is 0 Å². The molecular weight excluding hydrogens is 318 g/mol. The van der Waals surface area contributed by atoms with Crippen molar-refractivity contribution >= 4 is 5.82 Å². The van der Waals surface area contributed by atoms with Crippen LogP contribution in [0.15, 0.2) is 11.0 Å². The first-order chi connectivity index (χ1) is 12.1. The molecule has 0 bridgehead atoms. The van der Waals surface area contributed by atoms with Crippen LogP contribution in [-0.4, -0.2) is 51.8 Å². The van der Waals surface area contributed by atoms with Gasteiger partial charge in [0.2, 0.25) is 0 Å². The van der Waals surface area contributed by atoms with E-state index in [1.165, 1.54) is 0 Å². The van der Waals surface area contributed by atoms with Crippen LogP contribution in [0, 0.1) is 0 Å². The zero-order valence-electron chi connectivity index (χ0n) is 15.6. The smallest absolute Gasteiger partial charge is 0.350 e. The Morgan fingerprint density at radius 2 is 2.12 bits per heavy atom. The summed E-state index contributed by atoms with van der Waals surface area (Å²) in [4.78, 5) is 18.9. The highest BCUT2D eigenvalue weighted by Gasteiger charge is 2.22. The Bertz CT molecular complexity index is 581. The van der Waals surface area contributed by atoms with Crippen molar-refractivity contribution in [2.75, 3.05) is 31.5 Å². The molecule has 1 saturated heterocycles. The fourth-order valence-corrected chi connectivity index (χ4v) is 3.48. The third-order valence-corrected chi connectivity index (χ3v) is 5.03. The lowest BCUT2D eigenvalue weighted by atomic mass is 10.0. The van der Waals surface area contributed by atoms with Crippen LogP contribution in [-0.2, 0) is 0 Å². The maximum absolute atomic E-state index is 12.4. The van der Waals surface area contributed by atoms with Gasteiger partial charge in [-0.1, -0.05) is 20.3 Å². The zero-order valence-corrected chi connectivity index (χ0v) is 15.6. The van der Waals surface area contributed by atoms with Gasteiger partial charge in [0, 0.05) is 25.2 Å². The zero-order chi connectivity index (χ0) is 18.2. The van der Waals surface area contributed by atoms with Gasteiger partial charge in [-0.2, -0.15) is 4.98 Å². The van der Waals surface area contributed by atoms with Crippen molar-refractivity contribution in [2.45, 2.75) is 64.5 Å². The number of nitrogens with two attached hydrogens (primary N) is 1. The van der Waals surface area contributed by atoms with Gasteiger partial charge in [0.05, 0.1) is 6.20 Å². The first-order valence-electron chi connectivity index (χ1n) is 9.60. The highest BCUT2D eigenvalue weighted by Crippen LogP contribution is 2.25. The molecule has 142 valence electrons. The molecule has 25 heavy (non-hydrogen) atoms. The van der Waals surface area contributed by atoms with Gasteiger partial charge < -0.3 is 21.1 Å². The molecule has 0 spiro atoms. The van der Waals surface area contributed by atoms with Crippen molar-refractivity contribution in [2.24, 2.45) is 5.73 Å². The summed E-state index contributed by atoms with van der Waals surface area (Å²) in [7, 11) is 0. The van der Waals surface area contributed by atoms with E-state index in [9.17, 15) is 9.90 Å². The molecule has 1 aromatic rings. The molecule has 7 nitrogen and oxygen atoms in total. The number of hydrogen-bond acceptors (Lipinski definition) is 6. The Morgan fingerprint density at radius 1 is 1.40 bits per heavy atom. The van der Waals surface area contributed by atoms with Crippen molar-refractivity contribution < 1.29 is 5.11 Å². The second kappa shape index (κ2) is 9.77. The molecule has 0 aliphatic carbocycles. The molecule has 1 aliphatic heterocycles. The largest absolute Gasteiger partial charge is 0.503 e. The van der Waals surface area contributed by atoms with E-state index in [-0.39, 0.29) is 23.5 Å². The maximum Gasteiger partial charge on any atom is 0.350 e. The van der Waals surface area contributed by atoms with E-state index in [0.717, 1.165) is 58.2 Å². The minimum atomic E-state index is -0.285. The number of likely N-dealkylation sites (tertiary alicyclic amines) is 1. The maximum atomic E-state index is 12.4. The minimum absolute atomic E-state index is 0.0553. The monoisotopic (exact) mass is 351 g/mol. The van der Waals surface area contributed by atoms with Crippen LogP contribution in [0.4, 0.5) is 5.82 Å². The molecule has 1 aromatic heterocycles. The molecular formula is C18H33N5O2. The average Bonchev–Trinajstić information content (AvgIpc) is 2.62. The van der Waals surface area contributed by atoms with E-state index in [1.807, 2.05) is 0 Å². The first-order valence-corrected chi connectivity index (χ1v) is 9.60. The second-order valence-corrected chi connectivity index (χ2v) is 6.92. The summed E-state index contributed by atoms with van der Waals surface area (Å²) >= 11 is 0. The normalized spacial score (nSPS) is 17.6. The number of anilines is 1. The van der Waals surface area contributed by atoms with Crippen LogP contribution < -0.4 is 16.7 Å². The topological polar surface area (TPSA) is 96.4 Å². The summed E-state index contributed by atoms with van der Waals surface area (Å²) < 4.78 is 1.60. The van der Waals surface area contributed by atoms with E-state index in [1.54, 1.807) is 10.8 Å². The van der Waals surface area contributed by atoms with Crippen molar-refractivity contribution in [1.29, 1.82) is 0 Å². The molecule has 2 heterocycles. The molecule has 1 aliphatic rings. The third kappa shape index (κ3) is 5.44. The Kier molecular flexibility index (Phi) is 7.71. The summed E-state index contributed by atoms with van der Waals surface area (Å²) in [6.45, 7) is 7.83. The summed E-state index contributed by atoms with van der Waals surface area (Å²) in [6, 6.07) is 0.330. The number of piperidine rings is 1. The molecule has 1 fully saturated rings. The van der Waals surface area contributed by atoms with Crippen LogP contribution in [0.1, 0.15) is 58.4 Å². The van der Waals surface area contributed by atoms with Gasteiger partial charge >= 0.3 is 5.69 Å². The number of hydrogen-bond donors (Lipinski definition) is 3. The van der Waals surface area contributed by atoms with Gasteiger partial charge in [-0.3, -0.25) is 4.57 Å². The predicted molar refractivity (Wildman–Crippen MR) is 101 cm³/mol. The molecule has 2 rings (SSSR count). The lowest BCUT2D eigenvalue weighted by Crippen LogP contribution is -2.39. The minimum Gasteiger partial charge on any atom is -0.503 e. The molecule has 0 saturated carbocycles. The molecule has 4 N–H and O–H groups in total. The number of nitrogens with one attached hydrogen (secondary N) is 1. The third-order valence-electron chi connectivity index (χ3n) is 5.03. The molecule has 0 amide bonds. The summed E-state index contributed by atoms with van der Waals surface area (Å²) in [5.41, 5.74) is 5.28. The molecule has 7 heteroatoms. The molecule has 0 radical (unpaired) electrons. The van der Waals surface area contributed by atoms with Crippen LogP contribution in [0.25, 0.3) is 0 Å². The average molecular weight is 351 g/mol. The quantitative estimate of drug-likeness (QED) is 0.629. The Hall–Kier alpha value is -1.60. The highest BCUT2D eigenvalue weighted by molar-refractivity contribution is 5.47. The van der Waals surface area contributed by atoms with Crippen LogP contribution in [0.2, 0.25) is 0 Å². The van der Waals surface area contributed by atoms with Crippen molar-refractivity contribution in [3.05, 3.63) is 16.7 Å². The van der Waals surface area contributed by atoms with Crippen LogP contribution in [0.5, 0.6) is 5.75 Å². The number of aromatic nitrogens is 2. The van der Waals surface area contributed by atoms with Crippen LogP contribution in [0.3, 0.4) is 0 Å². The fraction of sp³-hybridized carbons (Fsp3) is 0.778. The number of nitrogens with zero attached hydrogens (tertiary/aromatic N) is 3. The standard InChI is InChI=1S/C18H33N5O2/c1-3-6-14(4-2)20-17-16(24)13-23(18(25)21-17)15-7-11-22(12-8-15)10-5-9-19/h13-15,24H,3-12,19H2,1-2H3,(H,20,21,25)/t14-/m1/s1. The predicted octanol–water partition coefficient (Wildman–Crippen LogP) is 1.93. The Labute approximate surface area is 150 Å². The molecule has 0 unspecified atom stereocenters. The molecule has 0 aromatic carbocycles. The van der Waals surface area contributed by atoms with Crippen molar-refractivity contribution in [1.82, 2.24) is 14.5 Å². The van der Waals surface area contributed by atoms with Gasteiger partial charge in [-0.25, -0.2) is 4.79 Å². The second-order valence-electron chi connectivity index (χ2n) is 6.92. The fourth-order valence-electron chi connectivity index (χ4n) is 3.48. The van der Waals surface area contributed by atoms with Gasteiger partial charge in [0.1, 0.15) is 0 Å². The lowest BCUT2D eigenvalue weighted by Gasteiger charge is -2.32. The summed E-state index contributed by atoms with van der Waals surface area (Å²) in [6.07, 6.45) is 7.31. The van der Waals surface area contributed by atoms with E-state index >= 15 is 0 Å². The van der Waals surface area contributed by atoms with Gasteiger partial charge in [0.25, 0.3) is 0 Å².